The van der Waals surface area contributed by atoms with Gasteiger partial charge in [0.15, 0.2) is 5.78 Å². The Balaban J connectivity index is 1.41. The average molecular weight is 476 g/mol. The van der Waals surface area contributed by atoms with E-state index in [1.807, 2.05) is 19.1 Å². The van der Waals surface area contributed by atoms with Gasteiger partial charge in [-0.05, 0) is 84.0 Å². The van der Waals surface area contributed by atoms with Crippen molar-refractivity contribution in [1.82, 2.24) is 14.5 Å². The first-order chi connectivity index (χ1) is 16.9. The van der Waals surface area contributed by atoms with E-state index in [1.54, 1.807) is 7.11 Å². The fraction of sp³-hybridized carbons (Fsp3) is 0.517. The minimum absolute atomic E-state index is 0.0789. The van der Waals surface area contributed by atoms with Gasteiger partial charge in [-0.25, -0.2) is 0 Å². The van der Waals surface area contributed by atoms with Crippen LogP contribution in [-0.4, -0.2) is 46.5 Å². The number of hydrogen-bond donors (Lipinski definition) is 1. The van der Waals surface area contributed by atoms with E-state index in [0.717, 1.165) is 33.9 Å². The van der Waals surface area contributed by atoms with Crippen LogP contribution in [0.3, 0.4) is 0 Å². The second-order valence-corrected chi connectivity index (χ2v) is 10.4. The van der Waals surface area contributed by atoms with Crippen LogP contribution in [0.5, 0.6) is 5.75 Å². The second-order valence-electron chi connectivity index (χ2n) is 10.4. The van der Waals surface area contributed by atoms with Crippen molar-refractivity contribution in [3.05, 3.63) is 63.2 Å². The van der Waals surface area contributed by atoms with Crippen molar-refractivity contribution >= 4 is 16.7 Å². The van der Waals surface area contributed by atoms with Crippen molar-refractivity contribution in [3.63, 3.8) is 0 Å². The zero-order valence-corrected chi connectivity index (χ0v) is 21.4. The maximum absolute atomic E-state index is 13.6. The van der Waals surface area contributed by atoms with Gasteiger partial charge in [0.2, 0.25) is 0 Å². The molecule has 1 saturated carbocycles. The Hall–Kier alpha value is -2.86. The molecule has 1 aliphatic carbocycles. The summed E-state index contributed by atoms with van der Waals surface area (Å²) in [6, 6.07) is 11.3. The maximum atomic E-state index is 13.6. The predicted molar refractivity (Wildman–Crippen MR) is 140 cm³/mol. The number of hydrogen-bond acceptors (Lipinski definition) is 4. The van der Waals surface area contributed by atoms with E-state index in [9.17, 15) is 9.59 Å². The van der Waals surface area contributed by atoms with E-state index >= 15 is 0 Å². The zero-order valence-electron chi connectivity index (χ0n) is 21.4. The van der Waals surface area contributed by atoms with Crippen LogP contribution in [0.15, 0.2) is 35.1 Å². The summed E-state index contributed by atoms with van der Waals surface area (Å²) in [5, 5.41) is 1.02. The Morgan fingerprint density at radius 3 is 2.54 bits per heavy atom. The molecule has 1 saturated heterocycles. The molecule has 0 spiro atoms. The number of aromatic amines is 1. The van der Waals surface area contributed by atoms with E-state index in [1.165, 1.54) is 38.8 Å². The summed E-state index contributed by atoms with van der Waals surface area (Å²) < 4.78 is 7.83. The summed E-state index contributed by atoms with van der Waals surface area (Å²) >= 11 is 0. The number of ether oxygens (including phenoxy) is 1. The molecular weight excluding hydrogens is 438 g/mol. The molecule has 1 atom stereocenters. The van der Waals surface area contributed by atoms with Crippen LogP contribution in [0.25, 0.3) is 10.9 Å². The Kier molecular flexibility index (Phi) is 6.58. The molecule has 1 aliphatic heterocycles. The normalized spacial score (nSPS) is 18.2. The molecule has 186 valence electrons. The molecule has 1 N–H and O–H groups in total. The number of pyridine rings is 1. The molecule has 3 aromatic rings. The van der Waals surface area contributed by atoms with E-state index in [-0.39, 0.29) is 17.8 Å². The smallest absolute Gasteiger partial charge is 0.255 e. The minimum atomic E-state index is -0.181. The Labute approximate surface area is 207 Å². The highest BCUT2D eigenvalue weighted by Gasteiger charge is 2.34. The van der Waals surface area contributed by atoms with Crippen LogP contribution in [0.1, 0.15) is 72.4 Å². The number of piperidine rings is 1. The minimum Gasteiger partial charge on any atom is -0.496 e. The number of para-hydroxylation sites is 1. The number of nitrogens with one attached hydrogen (secondary N) is 1. The monoisotopic (exact) mass is 475 g/mol. The van der Waals surface area contributed by atoms with Gasteiger partial charge in [-0.15, -0.1) is 0 Å². The molecule has 0 amide bonds. The van der Waals surface area contributed by atoms with Gasteiger partial charge < -0.3 is 19.2 Å². The molecule has 2 aromatic heterocycles. The van der Waals surface area contributed by atoms with Crippen LogP contribution in [-0.2, 0) is 6.42 Å². The topological polar surface area (TPSA) is 67.3 Å². The third kappa shape index (κ3) is 4.56. The van der Waals surface area contributed by atoms with Crippen LogP contribution in [0.4, 0.5) is 0 Å². The second kappa shape index (κ2) is 9.65. The van der Waals surface area contributed by atoms with Crippen molar-refractivity contribution in [2.75, 3.05) is 20.2 Å². The highest BCUT2D eigenvalue weighted by Crippen LogP contribution is 2.38. The van der Waals surface area contributed by atoms with Gasteiger partial charge in [-0.1, -0.05) is 18.2 Å². The van der Waals surface area contributed by atoms with Crippen molar-refractivity contribution in [1.29, 1.82) is 0 Å². The molecule has 5 rings (SSSR count). The SMILES string of the molecule is COc1cc(C)[nH]c(=O)c1CCC(=O)c1c(C)n([C@H](C)C2CCN(C3CC3)CC2)c2ccccc12. The number of fused-ring (bicyclic) bond motifs is 1. The molecule has 3 heterocycles. The third-order valence-electron chi connectivity index (χ3n) is 8.21. The number of rotatable bonds is 8. The van der Waals surface area contributed by atoms with E-state index in [0.29, 0.717) is 29.7 Å². The van der Waals surface area contributed by atoms with Crippen LogP contribution >= 0.6 is 0 Å². The lowest BCUT2D eigenvalue weighted by Gasteiger charge is -2.36. The van der Waals surface area contributed by atoms with Crippen molar-refractivity contribution in [2.24, 2.45) is 5.92 Å². The zero-order chi connectivity index (χ0) is 24.7. The molecular formula is C29H37N3O3. The van der Waals surface area contributed by atoms with Gasteiger partial charge in [0.1, 0.15) is 5.75 Å². The standard InChI is InChI=1S/C29H37N3O3/c1-18-17-27(35-4)24(29(34)30-18)11-12-26(33)28-20(3)32(25-8-6-5-7-23(25)28)19(2)21-13-15-31(16-14-21)22-9-10-22/h5-8,17,19,21-22H,9-16H2,1-4H3,(H,30,34)/t19-/m1/s1. The number of aromatic nitrogens is 2. The van der Waals surface area contributed by atoms with E-state index < -0.39 is 0 Å². The first-order valence-corrected chi connectivity index (χ1v) is 13.0. The number of methoxy groups -OCH3 is 1. The predicted octanol–water partition coefficient (Wildman–Crippen LogP) is 5.21. The number of likely N-dealkylation sites (tertiary alicyclic amines) is 1. The molecule has 35 heavy (non-hydrogen) atoms. The van der Waals surface area contributed by atoms with E-state index in [2.05, 4.69) is 46.5 Å². The fourth-order valence-corrected chi connectivity index (χ4v) is 6.15. The maximum Gasteiger partial charge on any atom is 0.255 e. The number of aryl methyl sites for hydroxylation is 1. The Morgan fingerprint density at radius 2 is 1.86 bits per heavy atom. The van der Waals surface area contributed by atoms with Gasteiger partial charge in [-0.2, -0.15) is 0 Å². The number of carbonyl (C=O) groups excluding carboxylic acids is 1. The lowest BCUT2D eigenvalue weighted by molar-refractivity contribution is 0.0983. The molecule has 6 nitrogen and oxygen atoms in total. The van der Waals surface area contributed by atoms with Crippen molar-refractivity contribution in [3.8, 4) is 5.75 Å². The third-order valence-corrected chi connectivity index (χ3v) is 8.21. The Bertz CT molecular complexity index is 1290. The van der Waals surface area contributed by atoms with Gasteiger partial charge in [-0.3, -0.25) is 9.59 Å². The lowest BCUT2D eigenvalue weighted by atomic mass is 9.89. The molecule has 6 heteroatoms. The van der Waals surface area contributed by atoms with Crippen LogP contribution in [0, 0.1) is 19.8 Å². The fourth-order valence-electron chi connectivity index (χ4n) is 6.15. The first-order valence-electron chi connectivity index (χ1n) is 13.0. The highest BCUT2D eigenvalue weighted by molar-refractivity contribution is 6.09. The number of benzene rings is 1. The molecule has 0 unspecified atom stereocenters. The number of Topliss-reactive ketones (excluding diaryl/α,β-unsaturated/α-hetero) is 1. The van der Waals surface area contributed by atoms with E-state index in [4.69, 9.17) is 4.74 Å². The number of H-pyrrole nitrogens is 1. The number of ketones is 1. The highest BCUT2D eigenvalue weighted by atomic mass is 16.5. The number of carbonyl (C=O) groups is 1. The Morgan fingerprint density at radius 1 is 1.14 bits per heavy atom. The van der Waals surface area contributed by atoms with Gasteiger partial charge in [0, 0.05) is 46.4 Å². The average Bonchev–Trinajstić information content (AvgIpc) is 3.65. The summed E-state index contributed by atoms with van der Waals surface area (Å²) in [6.07, 6.45) is 5.78. The van der Waals surface area contributed by atoms with Crippen molar-refractivity contribution in [2.45, 2.75) is 71.4 Å². The van der Waals surface area contributed by atoms with Crippen molar-refractivity contribution < 1.29 is 9.53 Å². The van der Waals surface area contributed by atoms with Gasteiger partial charge in [0.05, 0.1) is 12.7 Å². The molecule has 1 aromatic carbocycles. The molecule has 2 aliphatic rings. The summed E-state index contributed by atoms with van der Waals surface area (Å²) in [4.78, 5) is 31.6. The summed E-state index contributed by atoms with van der Waals surface area (Å²) in [5.41, 5.74) is 4.07. The quantitative estimate of drug-likeness (QED) is 0.455. The first kappa shape index (κ1) is 23.9. The molecule has 0 radical (unpaired) electrons. The summed E-state index contributed by atoms with van der Waals surface area (Å²) in [7, 11) is 1.56. The molecule has 0 bridgehead atoms. The number of nitrogens with zero attached hydrogens (tertiary/aromatic N) is 2. The van der Waals surface area contributed by atoms with Gasteiger partial charge in [0.25, 0.3) is 5.56 Å². The largest absolute Gasteiger partial charge is 0.496 e. The van der Waals surface area contributed by atoms with Crippen LogP contribution < -0.4 is 10.3 Å². The molecule has 2 fully saturated rings. The van der Waals surface area contributed by atoms with Gasteiger partial charge >= 0.3 is 0 Å². The van der Waals surface area contributed by atoms with Crippen LogP contribution in [0.2, 0.25) is 0 Å². The summed E-state index contributed by atoms with van der Waals surface area (Å²) in [5.74, 6) is 1.23. The lowest BCUT2D eigenvalue weighted by Crippen LogP contribution is -2.37. The summed E-state index contributed by atoms with van der Waals surface area (Å²) in [6.45, 7) is 8.62.